The van der Waals surface area contributed by atoms with Crippen LogP contribution in [0.4, 0.5) is 0 Å². The lowest BCUT2D eigenvalue weighted by atomic mass is 9.99. The third kappa shape index (κ3) is 4.52. The molecule has 0 aliphatic rings. The molecule has 96 valence electrons. The first-order valence-electron chi connectivity index (χ1n) is 6.14. The van der Waals surface area contributed by atoms with E-state index < -0.39 is 0 Å². The van der Waals surface area contributed by atoms with Gasteiger partial charge in [0.25, 0.3) is 0 Å². The maximum absolute atomic E-state index is 11.5. The van der Waals surface area contributed by atoms with Crippen molar-refractivity contribution in [1.29, 1.82) is 0 Å². The highest BCUT2D eigenvalue weighted by Crippen LogP contribution is 2.17. The molecule has 0 spiro atoms. The summed E-state index contributed by atoms with van der Waals surface area (Å²) in [6, 6.07) is 0.666. The van der Waals surface area contributed by atoms with E-state index in [-0.39, 0.29) is 17.9 Å². The van der Waals surface area contributed by atoms with E-state index in [9.17, 15) is 4.79 Å². The second-order valence-electron chi connectivity index (χ2n) is 5.24. The number of carbonyl (C=O) groups excluding carboxylic acids is 1. The molecule has 0 heterocycles. The molecule has 2 atom stereocenters. The smallest absolute Gasteiger partial charge is 0.309 e. The molecule has 16 heavy (non-hydrogen) atoms. The molecule has 0 rings (SSSR count). The number of hydrogen-bond acceptors (Lipinski definition) is 3. The number of rotatable bonds is 6. The summed E-state index contributed by atoms with van der Waals surface area (Å²) in [5, 5.41) is 0. The normalized spacial score (nSPS) is 15.6. The van der Waals surface area contributed by atoms with Gasteiger partial charge in [-0.3, -0.25) is 9.69 Å². The zero-order valence-corrected chi connectivity index (χ0v) is 11.8. The molecular formula is C13H27NO2. The second-order valence-corrected chi connectivity index (χ2v) is 5.24. The first-order chi connectivity index (χ1) is 7.31. The molecule has 0 aromatic rings. The van der Waals surface area contributed by atoms with Gasteiger partial charge in [-0.2, -0.15) is 0 Å². The van der Waals surface area contributed by atoms with E-state index in [0.717, 1.165) is 6.54 Å². The third-order valence-electron chi connectivity index (χ3n) is 3.06. The minimum atomic E-state index is -0.123. The number of hydrogen-bond donors (Lipinski definition) is 0. The fourth-order valence-corrected chi connectivity index (χ4v) is 1.94. The van der Waals surface area contributed by atoms with Crippen molar-refractivity contribution in [2.75, 3.05) is 13.7 Å². The highest BCUT2D eigenvalue weighted by molar-refractivity contribution is 5.72. The lowest BCUT2D eigenvalue weighted by Gasteiger charge is -2.36. The van der Waals surface area contributed by atoms with Gasteiger partial charge in [0.1, 0.15) is 0 Å². The van der Waals surface area contributed by atoms with E-state index in [1.54, 1.807) is 0 Å². The molecule has 0 aromatic carbocycles. The van der Waals surface area contributed by atoms with Gasteiger partial charge in [-0.25, -0.2) is 0 Å². The van der Waals surface area contributed by atoms with Gasteiger partial charge in [-0.05, 0) is 26.7 Å². The third-order valence-corrected chi connectivity index (χ3v) is 3.06. The summed E-state index contributed by atoms with van der Waals surface area (Å²) in [6.07, 6.45) is 0. The monoisotopic (exact) mass is 229 g/mol. The lowest BCUT2D eigenvalue weighted by molar-refractivity contribution is -0.147. The molecular weight excluding hydrogens is 202 g/mol. The highest BCUT2D eigenvalue weighted by Gasteiger charge is 2.28. The van der Waals surface area contributed by atoms with Gasteiger partial charge in [-0.1, -0.05) is 20.8 Å². The van der Waals surface area contributed by atoms with Crippen molar-refractivity contribution < 1.29 is 9.53 Å². The maximum atomic E-state index is 11.5. The molecule has 0 bridgehead atoms. The fraction of sp³-hybridized carbons (Fsp3) is 0.923. The summed E-state index contributed by atoms with van der Waals surface area (Å²) in [7, 11) is 1.45. The van der Waals surface area contributed by atoms with Crippen molar-refractivity contribution in [3.8, 4) is 0 Å². The summed E-state index contributed by atoms with van der Waals surface area (Å²) in [6.45, 7) is 13.8. The Morgan fingerprint density at radius 1 is 1.12 bits per heavy atom. The van der Waals surface area contributed by atoms with Crippen LogP contribution in [0.25, 0.3) is 0 Å². The molecule has 3 nitrogen and oxygen atoms in total. The number of carbonyl (C=O) groups is 1. The van der Waals surface area contributed by atoms with Crippen LogP contribution in [0.15, 0.2) is 0 Å². The molecule has 0 N–H and O–H groups in total. The van der Waals surface area contributed by atoms with Gasteiger partial charge in [0.05, 0.1) is 13.0 Å². The minimum absolute atomic E-state index is 0.0776. The van der Waals surface area contributed by atoms with E-state index in [4.69, 9.17) is 4.74 Å². The molecule has 0 aliphatic carbocycles. The Hall–Kier alpha value is -0.570. The van der Waals surface area contributed by atoms with Crippen LogP contribution >= 0.6 is 0 Å². The summed E-state index contributed by atoms with van der Waals surface area (Å²) >= 11 is 0. The van der Waals surface area contributed by atoms with E-state index in [2.05, 4.69) is 39.5 Å². The van der Waals surface area contributed by atoms with E-state index in [0.29, 0.717) is 12.0 Å². The topological polar surface area (TPSA) is 29.5 Å². The Kier molecular flexibility index (Phi) is 6.65. The molecule has 3 heteroatoms. The van der Waals surface area contributed by atoms with Gasteiger partial charge in [0.15, 0.2) is 0 Å². The summed E-state index contributed by atoms with van der Waals surface area (Å²) in [5.41, 5.74) is 0. The van der Waals surface area contributed by atoms with Crippen LogP contribution in [0.5, 0.6) is 0 Å². The minimum Gasteiger partial charge on any atom is -0.469 e. The quantitative estimate of drug-likeness (QED) is 0.656. The van der Waals surface area contributed by atoms with Crippen LogP contribution in [0.3, 0.4) is 0 Å². The average molecular weight is 229 g/mol. The van der Waals surface area contributed by atoms with Gasteiger partial charge in [0.2, 0.25) is 0 Å². The van der Waals surface area contributed by atoms with Crippen molar-refractivity contribution in [2.45, 2.75) is 53.6 Å². The Labute approximate surface area is 100 Å². The Bertz CT molecular complexity index is 214. The summed E-state index contributed by atoms with van der Waals surface area (Å²) in [4.78, 5) is 13.9. The largest absolute Gasteiger partial charge is 0.469 e. The van der Waals surface area contributed by atoms with Gasteiger partial charge in [-0.15, -0.1) is 0 Å². The molecule has 0 amide bonds. The second kappa shape index (κ2) is 6.89. The van der Waals surface area contributed by atoms with Crippen molar-refractivity contribution in [3.05, 3.63) is 0 Å². The zero-order chi connectivity index (χ0) is 12.9. The van der Waals surface area contributed by atoms with Crippen LogP contribution in [0.2, 0.25) is 0 Å². The highest BCUT2D eigenvalue weighted by atomic mass is 16.5. The molecule has 0 radical (unpaired) electrons. The van der Waals surface area contributed by atoms with E-state index in [1.807, 2.05) is 6.92 Å². The van der Waals surface area contributed by atoms with Crippen molar-refractivity contribution in [3.63, 3.8) is 0 Å². The molecule has 0 aromatic heterocycles. The zero-order valence-electron chi connectivity index (χ0n) is 11.8. The van der Waals surface area contributed by atoms with Crippen molar-refractivity contribution in [1.82, 2.24) is 4.90 Å². The van der Waals surface area contributed by atoms with Gasteiger partial charge >= 0.3 is 5.97 Å². The molecule has 0 saturated heterocycles. The van der Waals surface area contributed by atoms with Crippen LogP contribution in [0.1, 0.15) is 41.5 Å². The number of methoxy groups -OCH3 is 1. The van der Waals surface area contributed by atoms with Crippen LogP contribution in [0, 0.1) is 11.8 Å². The number of nitrogens with zero attached hydrogens (tertiary/aromatic N) is 1. The Morgan fingerprint density at radius 2 is 1.62 bits per heavy atom. The van der Waals surface area contributed by atoms with Crippen molar-refractivity contribution >= 4 is 5.97 Å². The first kappa shape index (κ1) is 15.4. The van der Waals surface area contributed by atoms with Crippen LogP contribution in [-0.4, -0.2) is 36.6 Å². The lowest BCUT2D eigenvalue weighted by Crippen LogP contribution is -2.46. The summed E-state index contributed by atoms with van der Waals surface area (Å²) < 4.78 is 4.80. The summed E-state index contributed by atoms with van der Waals surface area (Å²) in [5.74, 6) is 0.405. The molecule has 0 saturated carbocycles. The SMILES string of the molecule is COC(=O)C(C)C(C)N(CC(C)C)C(C)C. The van der Waals surface area contributed by atoms with Crippen LogP contribution < -0.4 is 0 Å². The van der Waals surface area contributed by atoms with E-state index >= 15 is 0 Å². The molecule has 0 fully saturated rings. The van der Waals surface area contributed by atoms with Gasteiger partial charge < -0.3 is 4.74 Å². The average Bonchev–Trinajstić information content (AvgIpc) is 2.22. The predicted octanol–water partition coefficient (Wildman–Crippen LogP) is 2.55. The van der Waals surface area contributed by atoms with Gasteiger partial charge in [0, 0.05) is 18.6 Å². The first-order valence-corrected chi connectivity index (χ1v) is 6.14. The molecule has 0 aliphatic heterocycles. The van der Waals surface area contributed by atoms with Crippen molar-refractivity contribution in [2.24, 2.45) is 11.8 Å². The predicted molar refractivity (Wildman–Crippen MR) is 67.3 cm³/mol. The number of esters is 1. The van der Waals surface area contributed by atoms with Crippen LogP contribution in [-0.2, 0) is 9.53 Å². The number of ether oxygens (including phenoxy) is 1. The molecule has 2 unspecified atom stereocenters. The Morgan fingerprint density at radius 3 is 1.94 bits per heavy atom. The fourth-order valence-electron chi connectivity index (χ4n) is 1.94. The maximum Gasteiger partial charge on any atom is 0.309 e. The Balaban J connectivity index is 4.60. The standard InChI is InChI=1S/C13H27NO2/c1-9(2)8-14(10(3)4)12(6)11(5)13(15)16-7/h9-12H,8H2,1-7H3. The van der Waals surface area contributed by atoms with E-state index in [1.165, 1.54) is 7.11 Å².